The van der Waals surface area contributed by atoms with E-state index in [0.717, 1.165) is 53.7 Å². The zero-order valence-electron chi connectivity index (χ0n) is 26.0. The molecule has 0 radical (unpaired) electrons. The number of ether oxygens (including phenoxy) is 1. The van der Waals surface area contributed by atoms with Crippen molar-refractivity contribution in [3.63, 3.8) is 0 Å². The molecule has 0 saturated heterocycles. The molecule has 4 aliphatic rings. The average molecular weight is 613 g/mol. The molecule has 9 heteroatoms. The number of imidazole rings is 1. The number of hydrogen-bond donors (Lipinski definition) is 3. The molecule has 3 N–H and O–H groups in total. The van der Waals surface area contributed by atoms with Crippen LogP contribution in [0.25, 0.3) is 22.8 Å². The van der Waals surface area contributed by atoms with Crippen molar-refractivity contribution in [1.29, 1.82) is 0 Å². The van der Waals surface area contributed by atoms with Crippen LogP contribution in [0, 0.1) is 34.4 Å². The monoisotopic (exact) mass is 612 g/mol. The molecule has 8 unspecified atom stereocenters. The number of nitrogens with zero attached hydrogens (tertiary/aromatic N) is 4. The third-order valence-electron chi connectivity index (χ3n) is 12.4. The van der Waals surface area contributed by atoms with E-state index in [1.807, 2.05) is 46.8 Å². The predicted octanol–water partition coefficient (Wildman–Crippen LogP) is 5.22. The van der Waals surface area contributed by atoms with E-state index >= 15 is 0 Å². The van der Waals surface area contributed by atoms with E-state index < -0.39 is 23.2 Å². The molecule has 2 heterocycles. The lowest BCUT2D eigenvalue weighted by Gasteiger charge is -2.61. The molecule has 236 valence electrons. The van der Waals surface area contributed by atoms with Crippen molar-refractivity contribution < 1.29 is 24.4 Å². The summed E-state index contributed by atoms with van der Waals surface area (Å²) < 4.78 is 23.4. The Morgan fingerprint density at radius 2 is 1.89 bits per heavy atom. The van der Waals surface area contributed by atoms with Crippen LogP contribution < -0.4 is 4.74 Å². The molecular formula is C36H41FN4O4. The van der Waals surface area contributed by atoms with E-state index in [1.54, 1.807) is 12.1 Å². The van der Waals surface area contributed by atoms with Gasteiger partial charge in [-0.05, 0) is 110 Å². The van der Waals surface area contributed by atoms with Gasteiger partial charge in [0.25, 0.3) is 6.01 Å². The first kappa shape index (κ1) is 28.9. The minimum Gasteiger partial charge on any atom is -0.462 e. The molecule has 0 spiro atoms. The SMILES string of the molecule is Cn1c(OCC(O)C2(O)CCC3C4CCC5=Cc6c(cnn6-c6ccc(F)cc6)CC5(C)C4C(O)CC32C)nc2ccccc21. The number of aliphatic hydroxyl groups excluding tert-OH is 2. The number of hydrogen-bond acceptors (Lipinski definition) is 6. The normalized spacial score (nSPS) is 34.4. The summed E-state index contributed by atoms with van der Waals surface area (Å²) in [6.07, 6.45) is 6.69. The number of aryl methyl sites for hydroxylation is 1. The largest absolute Gasteiger partial charge is 0.462 e. The van der Waals surface area contributed by atoms with Crippen LogP contribution in [0.2, 0.25) is 0 Å². The van der Waals surface area contributed by atoms with Gasteiger partial charge in [-0.1, -0.05) is 31.6 Å². The highest BCUT2D eigenvalue weighted by molar-refractivity contribution is 5.76. The molecule has 4 aliphatic carbocycles. The lowest BCUT2D eigenvalue weighted by Crippen LogP contribution is -2.63. The summed E-state index contributed by atoms with van der Waals surface area (Å²) in [5, 5.41) is 40.5. The zero-order chi connectivity index (χ0) is 31.3. The van der Waals surface area contributed by atoms with E-state index in [1.165, 1.54) is 17.7 Å². The fraction of sp³-hybridized carbons (Fsp3) is 0.500. The maximum Gasteiger partial charge on any atom is 0.297 e. The maximum atomic E-state index is 13.6. The first-order valence-electron chi connectivity index (χ1n) is 16.2. The van der Waals surface area contributed by atoms with E-state index in [2.05, 4.69) is 30.0 Å². The number of halogens is 1. The third-order valence-corrected chi connectivity index (χ3v) is 12.4. The first-order valence-corrected chi connectivity index (χ1v) is 16.2. The Morgan fingerprint density at radius 3 is 2.67 bits per heavy atom. The van der Waals surface area contributed by atoms with Crippen LogP contribution in [-0.4, -0.2) is 59.1 Å². The van der Waals surface area contributed by atoms with Gasteiger partial charge in [0.2, 0.25) is 0 Å². The fourth-order valence-electron chi connectivity index (χ4n) is 10.1. The second kappa shape index (κ2) is 9.98. The predicted molar refractivity (Wildman–Crippen MR) is 168 cm³/mol. The van der Waals surface area contributed by atoms with Crippen LogP contribution in [0.1, 0.15) is 57.2 Å². The highest BCUT2D eigenvalue weighted by Gasteiger charge is 2.68. The van der Waals surface area contributed by atoms with Crippen molar-refractivity contribution >= 4 is 17.1 Å². The van der Waals surface area contributed by atoms with Crippen molar-refractivity contribution in [2.75, 3.05) is 6.61 Å². The molecule has 8 atom stereocenters. The van der Waals surface area contributed by atoms with Crippen LogP contribution >= 0.6 is 0 Å². The molecule has 45 heavy (non-hydrogen) atoms. The van der Waals surface area contributed by atoms with Crippen LogP contribution in [-0.2, 0) is 13.5 Å². The van der Waals surface area contributed by atoms with Gasteiger partial charge < -0.3 is 20.1 Å². The van der Waals surface area contributed by atoms with Gasteiger partial charge in [-0.2, -0.15) is 10.1 Å². The van der Waals surface area contributed by atoms with E-state index in [0.29, 0.717) is 18.9 Å². The highest BCUT2D eigenvalue weighted by atomic mass is 19.1. The second-order valence-electron chi connectivity index (χ2n) is 14.5. The third kappa shape index (κ3) is 4.06. The van der Waals surface area contributed by atoms with E-state index in [-0.39, 0.29) is 35.6 Å². The molecular weight excluding hydrogens is 571 g/mol. The van der Waals surface area contributed by atoms with Gasteiger partial charge in [0.05, 0.1) is 40.3 Å². The number of rotatable bonds is 5. The number of para-hydroxylation sites is 2. The number of aliphatic hydroxyl groups is 3. The van der Waals surface area contributed by atoms with Crippen LogP contribution in [0.4, 0.5) is 4.39 Å². The molecule has 8 rings (SSSR count). The Balaban J connectivity index is 1.05. The second-order valence-corrected chi connectivity index (χ2v) is 14.5. The maximum absolute atomic E-state index is 13.6. The summed E-state index contributed by atoms with van der Waals surface area (Å²) >= 11 is 0. The van der Waals surface area contributed by atoms with E-state index in [9.17, 15) is 19.7 Å². The molecule has 8 nitrogen and oxygen atoms in total. The minimum absolute atomic E-state index is 0.0358. The Labute approximate surface area is 262 Å². The van der Waals surface area contributed by atoms with Crippen molar-refractivity contribution in [3.05, 3.63) is 77.4 Å². The summed E-state index contributed by atoms with van der Waals surface area (Å²) in [6.45, 7) is 4.29. The van der Waals surface area contributed by atoms with Gasteiger partial charge in [-0.25, -0.2) is 9.07 Å². The van der Waals surface area contributed by atoms with E-state index in [4.69, 9.17) is 4.74 Å². The van der Waals surface area contributed by atoms with Crippen molar-refractivity contribution in [3.8, 4) is 11.7 Å². The molecule has 0 bridgehead atoms. The van der Waals surface area contributed by atoms with Crippen molar-refractivity contribution in [2.24, 2.45) is 35.6 Å². The molecule has 0 amide bonds. The molecule has 3 saturated carbocycles. The van der Waals surface area contributed by atoms with Gasteiger partial charge in [0, 0.05) is 12.5 Å². The van der Waals surface area contributed by atoms with Gasteiger partial charge in [-0.3, -0.25) is 4.57 Å². The van der Waals surface area contributed by atoms with Gasteiger partial charge in [0.15, 0.2) is 0 Å². The van der Waals surface area contributed by atoms with Crippen LogP contribution in [0.15, 0.2) is 60.3 Å². The number of allylic oxidation sites excluding steroid dienone is 1. The highest BCUT2D eigenvalue weighted by Crippen LogP contribution is 2.68. The van der Waals surface area contributed by atoms with Crippen molar-refractivity contribution in [2.45, 2.75) is 70.2 Å². The lowest BCUT2D eigenvalue weighted by molar-refractivity contribution is -0.205. The Hall–Kier alpha value is -3.53. The van der Waals surface area contributed by atoms with Gasteiger partial charge in [0.1, 0.15) is 18.5 Å². The number of benzene rings is 2. The summed E-state index contributed by atoms with van der Waals surface area (Å²) in [7, 11) is 1.88. The van der Waals surface area contributed by atoms with Crippen molar-refractivity contribution in [1.82, 2.24) is 19.3 Å². The summed E-state index contributed by atoms with van der Waals surface area (Å²) in [6, 6.07) is 14.6. The van der Waals surface area contributed by atoms with Crippen LogP contribution in [0.3, 0.4) is 0 Å². The quantitative estimate of drug-likeness (QED) is 0.286. The minimum atomic E-state index is -1.39. The number of aromatic nitrogens is 4. The average Bonchev–Trinajstić information content (AvgIpc) is 3.66. The summed E-state index contributed by atoms with van der Waals surface area (Å²) in [5.41, 5.74) is 3.77. The number of fused-ring (bicyclic) bond motifs is 7. The Morgan fingerprint density at radius 1 is 1.11 bits per heavy atom. The standard InChI is InChI=1S/C36H41FN4O4/c1-34-17-21-19-38-41(24-11-9-23(37)10-12-24)29(21)16-22(34)8-13-25-26-14-15-36(44,35(26,2)18-30(42)32(25)34)31(43)20-45-33-39-27-6-4-5-7-28(27)40(33)3/h4-7,9-12,16,19,25-26,30-32,42-44H,8,13-15,17-18,20H2,1-3H3. The van der Waals surface area contributed by atoms with Gasteiger partial charge >= 0.3 is 0 Å². The summed E-state index contributed by atoms with van der Waals surface area (Å²) in [4.78, 5) is 4.56. The summed E-state index contributed by atoms with van der Waals surface area (Å²) in [5.74, 6) is 0.149. The smallest absolute Gasteiger partial charge is 0.297 e. The lowest BCUT2D eigenvalue weighted by atomic mass is 9.45. The molecule has 0 aliphatic heterocycles. The fourth-order valence-corrected chi connectivity index (χ4v) is 10.1. The van der Waals surface area contributed by atoms with Gasteiger partial charge in [-0.15, -0.1) is 0 Å². The topological polar surface area (TPSA) is 106 Å². The zero-order valence-corrected chi connectivity index (χ0v) is 26.0. The Bertz CT molecular complexity index is 1820. The molecule has 4 aromatic rings. The Kier molecular flexibility index (Phi) is 6.41. The molecule has 3 fully saturated rings. The van der Waals surface area contributed by atoms with Crippen LogP contribution in [0.5, 0.6) is 6.01 Å². The molecule has 2 aromatic carbocycles. The molecule has 2 aromatic heterocycles. The first-order chi connectivity index (χ1) is 21.5.